The summed E-state index contributed by atoms with van der Waals surface area (Å²) in [5.74, 6) is 1.58. The number of benzene rings is 1. The molecule has 0 spiro atoms. The van der Waals surface area contributed by atoms with Crippen LogP contribution in [-0.4, -0.2) is 18.1 Å². The highest BCUT2D eigenvalue weighted by Crippen LogP contribution is 2.39. The molecule has 1 fully saturated rings. The van der Waals surface area contributed by atoms with Crippen LogP contribution in [0.3, 0.4) is 0 Å². The van der Waals surface area contributed by atoms with Crippen LogP contribution in [0.4, 0.5) is 0 Å². The smallest absolute Gasteiger partial charge is 0.0907 e. The summed E-state index contributed by atoms with van der Waals surface area (Å²) in [5.41, 5.74) is 4.35. The van der Waals surface area contributed by atoms with E-state index in [2.05, 4.69) is 29.4 Å². The lowest BCUT2D eigenvalue weighted by molar-refractivity contribution is 0.318. The predicted molar refractivity (Wildman–Crippen MR) is 71.8 cm³/mol. The average Bonchev–Trinajstić information content (AvgIpc) is 2.66. The van der Waals surface area contributed by atoms with E-state index in [1.807, 2.05) is 11.3 Å². The van der Waals surface area contributed by atoms with Gasteiger partial charge in [-0.25, -0.2) is 4.98 Å². The van der Waals surface area contributed by atoms with Gasteiger partial charge in [0.25, 0.3) is 0 Å². The maximum Gasteiger partial charge on any atom is 0.0907 e. The van der Waals surface area contributed by atoms with Gasteiger partial charge in [0.2, 0.25) is 0 Å². The van der Waals surface area contributed by atoms with Gasteiger partial charge in [-0.3, -0.25) is 0 Å². The molecule has 2 aliphatic rings. The number of aryl methyl sites for hydroxylation is 1. The second kappa shape index (κ2) is 3.53. The maximum absolute atomic E-state index is 4.63. The van der Waals surface area contributed by atoms with Crippen molar-refractivity contribution in [1.82, 2.24) is 10.3 Å². The molecule has 17 heavy (non-hydrogen) atoms. The molecule has 2 unspecified atom stereocenters. The van der Waals surface area contributed by atoms with Crippen LogP contribution in [0.25, 0.3) is 10.2 Å². The molecule has 88 valence electrons. The molecule has 1 aliphatic carbocycles. The molecule has 1 aromatic carbocycles. The standard InChI is InChI=1S/C14H16N2S/c1-8-16-13-5-12-10(4-14(13)17-8)2-9-3-11(12)7-15-6-9/h4-5,9,11,15H,2-3,6-7H2,1H3. The van der Waals surface area contributed by atoms with Crippen LogP contribution in [0.15, 0.2) is 12.1 Å². The largest absolute Gasteiger partial charge is 0.316 e. The molecule has 4 rings (SSSR count). The molecule has 1 aromatic heterocycles. The number of nitrogens with one attached hydrogen (secondary N) is 1. The Morgan fingerprint density at radius 2 is 2.29 bits per heavy atom. The summed E-state index contributed by atoms with van der Waals surface area (Å²) < 4.78 is 1.37. The van der Waals surface area contributed by atoms with Crippen molar-refractivity contribution >= 4 is 21.6 Å². The first-order valence-electron chi connectivity index (χ1n) is 6.40. The summed E-state index contributed by atoms with van der Waals surface area (Å²) in [6.45, 7) is 4.46. The van der Waals surface area contributed by atoms with Crippen LogP contribution >= 0.6 is 11.3 Å². The van der Waals surface area contributed by atoms with Gasteiger partial charge in [0, 0.05) is 6.54 Å². The lowest BCUT2D eigenvalue weighted by Crippen LogP contribution is -2.39. The molecule has 2 atom stereocenters. The molecule has 1 saturated heterocycles. The second-order valence-corrected chi connectivity index (χ2v) is 6.65. The summed E-state index contributed by atoms with van der Waals surface area (Å²) >= 11 is 1.83. The second-order valence-electron chi connectivity index (χ2n) is 5.41. The van der Waals surface area contributed by atoms with Gasteiger partial charge in [0.1, 0.15) is 0 Å². The van der Waals surface area contributed by atoms with Crippen LogP contribution in [0.2, 0.25) is 0 Å². The minimum atomic E-state index is 0.726. The lowest BCUT2D eigenvalue weighted by atomic mass is 9.74. The Hall–Kier alpha value is -0.930. The van der Waals surface area contributed by atoms with E-state index < -0.39 is 0 Å². The number of hydrogen-bond donors (Lipinski definition) is 1. The summed E-state index contributed by atoms with van der Waals surface area (Å²) in [4.78, 5) is 4.63. The highest BCUT2D eigenvalue weighted by molar-refractivity contribution is 7.18. The number of nitrogens with zero attached hydrogens (tertiary/aromatic N) is 1. The van der Waals surface area contributed by atoms with Gasteiger partial charge in [0.05, 0.1) is 15.2 Å². The number of hydrogen-bond acceptors (Lipinski definition) is 3. The van der Waals surface area contributed by atoms with Gasteiger partial charge in [-0.2, -0.15) is 0 Å². The van der Waals surface area contributed by atoms with Crippen molar-refractivity contribution in [2.24, 2.45) is 5.92 Å². The van der Waals surface area contributed by atoms with Crippen molar-refractivity contribution in [3.63, 3.8) is 0 Å². The third-order valence-corrected chi connectivity index (χ3v) is 5.08. The fourth-order valence-electron chi connectivity index (χ4n) is 3.44. The molecule has 0 saturated carbocycles. The van der Waals surface area contributed by atoms with E-state index >= 15 is 0 Å². The van der Waals surface area contributed by atoms with Crippen LogP contribution in [0.5, 0.6) is 0 Å². The van der Waals surface area contributed by atoms with Gasteiger partial charge in [-0.05, 0) is 61.4 Å². The van der Waals surface area contributed by atoms with E-state index in [1.165, 1.54) is 34.6 Å². The Bertz CT molecular complexity index is 587. The first-order chi connectivity index (χ1) is 8.29. The van der Waals surface area contributed by atoms with Crippen LogP contribution in [0.1, 0.15) is 28.5 Å². The Balaban J connectivity index is 1.93. The first-order valence-corrected chi connectivity index (χ1v) is 7.22. The summed E-state index contributed by atoms with van der Waals surface area (Å²) in [5, 5.41) is 4.75. The minimum absolute atomic E-state index is 0.726. The first kappa shape index (κ1) is 10.0. The van der Waals surface area contributed by atoms with Crippen LogP contribution < -0.4 is 5.32 Å². The predicted octanol–water partition coefficient (Wildman–Crippen LogP) is 2.85. The normalized spacial score (nSPS) is 27.1. The molecule has 2 nitrogen and oxygen atoms in total. The van der Waals surface area contributed by atoms with Gasteiger partial charge in [-0.1, -0.05) is 0 Å². The Morgan fingerprint density at radius 1 is 1.35 bits per heavy atom. The number of aromatic nitrogens is 1. The van der Waals surface area contributed by atoms with E-state index in [-0.39, 0.29) is 0 Å². The highest BCUT2D eigenvalue weighted by atomic mass is 32.1. The van der Waals surface area contributed by atoms with E-state index in [9.17, 15) is 0 Å². The fourth-order valence-corrected chi connectivity index (χ4v) is 4.31. The van der Waals surface area contributed by atoms with E-state index in [4.69, 9.17) is 0 Å². The van der Waals surface area contributed by atoms with Gasteiger partial charge >= 0.3 is 0 Å². The quantitative estimate of drug-likeness (QED) is 0.771. The molecule has 1 N–H and O–H groups in total. The number of fused-ring (bicyclic) bond motifs is 5. The van der Waals surface area contributed by atoms with Gasteiger partial charge in [-0.15, -0.1) is 11.3 Å². The molecule has 2 heterocycles. The van der Waals surface area contributed by atoms with E-state index in [1.54, 1.807) is 11.1 Å². The van der Waals surface area contributed by atoms with Crippen molar-refractivity contribution in [3.05, 3.63) is 28.3 Å². The zero-order valence-corrected chi connectivity index (χ0v) is 10.8. The highest BCUT2D eigenvalue weighted by Gasteiger charge is 2.30. The van der Waals surface area contributed by atoms with Crippen molar-refractivity contribution in [2.75, 3.05) is 13.1 Å². The van der Waals surface area contributed by atoms with Crippen LogP contribution in [0, 0.1) is 12.8 Å². The molecule has 3 heteroatoms. The van der Waals surface area contributed by atoms with E-state index in [0.29, 0.717) is 0 Å². The maximum atomic E-state index is 4.63. The summed E-state index contributed by atoms with van der Waals surface area (Å²) in [7, 11) is 0. The van der Waals surface area contributed by atoms with Gasteiger partial charge < -0.3 is 5.32 Å². The lowest BCUT2D eigenvalue weighted by Gasteiger charge is -2.36. The Labute approximate surface area is 105 Å². The number of rotatable bonds is 0. The molecule has 1 aliphatic heterocycles. The fraction of sp³-hybridized carbons (Fsp3) is 0.500. The Morgan fingerprint density at radius 3 is 3.24 bits per heavy atom. The van der Waals surface area contributed by atoms with Crippen molar-refractivity contribution in [2.45, 2.75) is 25.7 Å². The average molecular weight is 244 g/mol. The minimum Gasteiger partial charge on any atom is -0.316 e. The topological polar surface area (TPSA) is 24.9 Å². The zero-order valence-electron chi connectivity index (χ0n) is 9.99. The summed E-state index contributed by atoms with van der Waals surface area (Å²) in [6, 6.07) is 4.75. The molecule has 2 aromatic rings. The molecular formula is C14H16N2S. The van der Waals surface area contributed by atoms with E-state index in [0.717, 1.165) is 18.4 Å². The third kappa shape index (κ3) is 1.53. The van der Waals surface area contributed by atoms with Gasteiger partial charge in [0.15, 0.2) is 0 Å². The monoisotopic (exact) mass is 244 g/mol. The Kier molecular flexibility index (Phi) is 2.08. The number of thiazole rings is 1. The molecular weight excluding hydrogens is 228 g/mol. The molecule has 2 bridgehead atoms. The van der Waals surface area contributed by atoms with Crippen LogP contribution in [-0.2, 0) is 6.42 Å². The van der Waals surface area contributed by atoms with Crippen molar-refractivity contribution in [3.8, 4) is 0 Å². The van der Waals surface area contributed by atoms with Crippen molar-refractivity contribution < 1.29 is 0 Å². The van der Waals surface area contributed by atoms with Crippen molar-refractivity contribution in [1.29, 1.82) is 0 Å². The SMILES string of the molecule is Cc1nc2cc3c(cc2s1)CC1CNCC3C1. The third-order valence-electron chi connectivity index (χ3n) is 4.15. The molecule has 0 radical (unpaired) electrons. The molecule has 0 amide bonds. The number of piperidine rings is 1. The zero-order chi connectivity index (χ0) is 11.4. The summed E-state index contributed by atoms with van der Waals surface area (Å²) in [6.07, 6.45) is 2.63.